The van der Waals surface area contributed by atoms with E-state index in [1.165, 1.54) is 12.8 Å². The molecule has 1 unspecified atom stereocenters. The van der Waals surface area contributed by atoms with Crippen LogP contribution in [0.1, 0.15) is 54.6 Å². The lowest BCUT2D eigenvalue weighted by atomic mass is 10.1. The minimum Gasteiger partial charge on any atom is -0.467 e. The number of carbonyl (C=O) groups is 1. The number of nitrogens with two attached hydrogens (primary N) is 1. The van der Waals surface area contributed by atoms with Gasteiger partial charge in [0.1, 0.15) is 6.10 Å². The van der Waals surface area contributed by atoms with Crippen LogP contribution >= 0.6 is 23.2 Å². The van der Waals surface area contributed by atoms with Crippen molar-refractivity contribution in [3.63, 3.8) is 0 Å². The number of halogens is 2. The molecule has 2 aliphatic heterocycles. The summed E-state index contributed by atoms with van der Waals surface area (Å²) in [5.41, 5.74) is 8.70. The van der Waals surface area contributed by atoms with Gasteiger partial charge in [-0.2, -0.15) is 0 Å². The molecule has 1 aromatic heterocycles. The summed E-state index contributed by atoms with van der Waals surface area (Å²) in [6.07, 6.45) is 5.69. The summed E-state index contributed by atoms with van der Waals surface area (Å²) in [5, 5.41) is 0.998. The standard InChI is InChI=1S/C28H31Cl2N5O2/c1-18(25-22(29)10-5-11-23(25)30)37-27-26(31)32-16-24(33-27)19-7-4-8-20(15-19)28(36)35-14-6-9-21(35)17-34-12-2-3-13-34/h4-5,7-8,10-11,15-16,18,21H,2-3,6,9,12-14,17H2,1H3,(H2,31,32)/t18?,21-/m1/s1. The van der Waals surface area contributed by atoms with Gasteiger partial charge in [0, 0.05) is 45.9 Å². The summed E-state index contributed by atoms with van der Waals surface area (Å²) in [4.78, 5) is 26.9. The number of carbonyl (C=O) groups excluding carboxylic acids is 1. The van der Waals surface area contributed by atoms with Crippen LogP contribution < -0.4 is 10.5 Å². The summed E-state index contributed by atoms with van der Waals surface area (Å²) in [6.45, 7) is 5.85. The first-order valence-corrected chi connectivity index (χ1v) is 13.5. The number of aromatic nitrogens is 2. The van der Waals surface area contributed by atoms with Crippen LogP contribution in [0.25, 0.3) is 11.3 Å². The lowest BCUT2D eigenvalue weighted by molar-refractivity contribution is 0.0709. The van der Waals surface area contributed by atoms with Gasteiger partial charge in [0.2, 0.25) is 0 Å². The fourth-order valence-electron chi connectivity index (χ4n) is 5.27. The number of amides is 1. The molecule has 2 aliphatic rings. The molecule has 2 fully saturated rings. The van der Waals surface area contributed by atoms with Gasteiger partial charge in [-0.1, -0.05) is 41.4 Å². The van der Waals surface area contributed by atoms with Crippen LogP contribution in [0, 0.1) is 0 Å². The van der Waals surface area contributed by atoms with Crippen LogP contribution in [0.5, 0.6) is 5.88 Å². The summed E-state index contributed by atoms with van der Waals surface area (Å²) < 4.78 is 6.04. The van der Waals surface area contributed by atoms with Gasteiger partial charge in [0.05, 0.1) is 11.9 Å². The molecule has 0 spiro atoms. The van der Waals surface area contributed by atoms with E-state index >= 15 is 0 Å². The Morgan fingerprint density at radius 3 is 2.59 bits per heavy atom. The molecule has 0 aliphatic carbocycles. The van der Waals surface area contributed by atoms with Crippen molar-refractivity contribution < 1.29 is 9.53 Å². The molecule has 1 amide bonds. The normalized spacial score (nSPS) is 18.8. The van der Waals surface area contributed by atoms with Gasteiger partial charge < -0.3 is 20.3 Å². The molecule has 37 heavy (non-hydrogen) atoms. The minimum absolute atomic E-state index is 0.0606. The predicted molar refractivity (Wildman–Crippen MR) is 147 cm³/mol. The third kappa shape index (κ3) is 5.69. The van der Waals surface area contributed by atoms with Gasteiger partial charge in [-0.15, -0.1) is 0 Å². The van der Waals surface area contributed by atoms with Gasteiger partial charge in [-0.3, -0.25) is 4.79 Å². The zero-order valence-electron chi connectivity index (χ0n) is 20.9. The number of hydrogen-bond donors (Lipinski definition) is 1. The highest BCUT2D eigenvalue weighted by atomic mass is 35.5. The van der Waals surface area contributed by atoms with Crippen LogP contribution in [0.15, 0.2) is 48.7 Å². The second-order valence-electron chi connectivity index (χ2n) is 9.72. The first-order chi connectivity index (χ1) is 17.9. The van der Waals surface area contributed by atoms with E-state index in [1.807, 2.05) is 36.1 Å². The van der Waals surface area contributed by atoms with Crippen molar-refractivity contribution in [3.05, 3.63) is 69.8 Å². The van der Waals surface area contributed by atoms with E-state index in [4.69, 9.17) is 33.7 Å². The maximum absolute atomic E-state index is 13.5. The number of hydrogen-bond acceptors (Lipinski definition) is 6. The Morgan fingerprint density at radius 2 is 1.84 bits per heavy atom. The second kappa shape index (κ2) is 11.3. The maximum Gasteiger partial charge on any atom is 0.258 e. The number of likely N-dealkylation sites (tertiary alicyclic amines) is 2. The molecule has 0 radical (unpaired) electrons. The Hall–Kier alpha value is -2.87. The fraction of sp³-hybridized carbons (Fsp3) is 0.393. The van der Waals surface area contributed by atoms with E-state index in [1.54, 1.807) is 24.4 Å². The highest BCUT2D eigenvalue weighted by Gasteiger charge is 2.31. The van der Waals surface area contributed by atoms with Crippen LogP contribution in [0.4, 0.5) is 5.82 Å². The van der Waals surface area contributed by atoms with E-state index in [-0.39, 0.29) is 23.6 Å². The monoisotopic (exact) mass is 539 g/mol. The maximum atomic E-state index is 13.5. The van der Waals surface area contributed by atoms with Crippen LogP contribution in [0.3, 0.4) is 0 Å². The highest BCUT2D eigenvalue weighted by Crippen LogP contribution is 2.34. The Morgan fingerprint density at radius 1 is 1.11 bits per heavy atom. The number of nitrogens with zero attached hydrogens (tertiary/aromatic N) is 4. The third-order valence-corrected chi connectivity index (χ3v) is 7.83. The van der Waals surface area contributed by atoms with Crippen molar-refractivity contribution in [2.75, 3.05) is 31.9 Å². The average molecular weight is 540 g/mol. The number of ether oxygens (including phenoxy) is 1. The molecule has 5 rings (SSSR count). The van der Waals surface area contributed by atoms with Gasteiger partial charge in [0.25, 0.3) is 11.8 Å². The summed E-state index contributed by atoms with van der Waals surface area (Å²) in [6, 6.07) is 13.1. The summed E-state index contributed by atoms with van der Waals surface area (Å²) in [5.74, 6) is 0.404. The van der Waals surface area contributed by atoms with E-state index < -0.39 is 6.10 Å². The van der Waals surface area contributed by atoms with Crippen molar-refractivity contribution in [3.8, 4) is 17.1 Å². The lowest BCUT2D eigenvalue weighted by Crippen LogP contribution is -2.42. The second-order valence-corrected chi connectivity index (χ2v) is 10.5. The van der Waals surface area contributed by atoms with Crippen molar-refractivity contribution >= 4 is 34.9 Å². The largest absolute Gasteiger partial charge is 0.467 e. The number of rotatable bonds is 7. The fourth-order valence-corrected chi connectivity index (χ4v) is 5.97. The molecule has 7 nitrogen and oxygen atoms in total. The Kier molecular flexibility index (Phi) is 7.84. The summed E-state index contributed by atoms with van der Waals surface area (Å²) in [7, 11) is 0. The highest BCUT2D eigenvalue weighted by molar-refractivity contribution is 6.36. The molecular weight excluding hydrogens is 509 g/mol. The average Bonchev–Trinajstić information content (AvgIpc) is 3.57. The number of anilines is 1. The molecule has 0 bridgehead atoms. The van der Waals surface area contributed by atoms with Gasteiger partial charge in [0.15, 0.2) is 5.82 Å². The van der Waals surface area contributed by atoms with E-state index in [9.17, 15) is 4.79 Å². The SMILES string of the molecule is CC(Oc1nc(-c2cccc(C(=O)N3CCC[C@@H]3CN3CCCC3)c2)cnc1N)c1c(Cl)cccc1Cl. The van der Waals surface area contributed by atoms with E-state index in [0.29, 0.717) is 26.9 Å². The summed E-state index contributed by atoms with van der Waals surface area (Å²) >= 11 is 12.7. The molecule has 194 valence electrons. The van der Waals surface area contributed by atoms with Crippen LogP contribution in [0.2, 0.25) is 10.0 Å². The molecular formula is C28H31Cl2N5O2. The Bertz CT molecular complexity index is 1260. The molecule has 3 heterocycles. The third-order valence-electron chi connectivity index (χ3n) is 7.17. The van der Waals surface area contributed by atoms with Crippen molar-refractivity contribution in [2.24, 2.45) is 0 Å². The van der Waals surface area contributed by atoms with Gasteiger partial charge >= 0.3 is 0 Å². The first kappa shape index (κ1) is 25.8. The van der Waals surface area contributed by atoms with E-state index in [0.717, 1.165) is 44.6 Å². The molecule has 2 aromatic carbocycles. The molecule has 0 saturated carbocycles. The Labute approximate surface area is 227 Å². The van der Waals surface area contributed by atoms with Crippen molar-refractivity contribution in [2.45, 2.75) is 44.8 Å². The topological polar surface area (TPSA) is 84.6 Å². The number of benzene rings is 2. The number of nitrogen functional groups attached to an aromatic ring is 1. The first-order valence-electron chi connectivity index (χ1n) is 12.8. The lowest BCUT2D eigenvalue weighted by Gasteiger charge is -2.28. The van der Waals surface area contributed by atoms with Crippen LogP contribution in [-0.2, 0) is 0 Å². The quantitative estimate of drug-likeness (QED) is 0.404. The zero-order valence-corrected chi connectivity index (χ0v) is 22.4. The smallest absolute Gasteiger partial charge is 0.258 e. The molecule has 3 aromatic rings. The zero-order chi connectivity index (χ0) is 25.9. The molecule has 2 saturated heterocycles. The molecule has 9 heteroatoms. The molecule has 2 atom stereocenters. The van der Waals surface area contributed by atoms with Crippen molar-refractivity contribution in [1.82, 2.24) is 19.8 Å². The minimum atomic E-state index is -0.497. The molecule has 2 N–H and O–H groups in total. The van der Waals surface area contributed by atoms with Gasteiger partial charge in [-0.05, 0) is 70.0 Å². The van der Waals surface area contributed by atoms with Crippen LogP contribution in [-0.4, -0.2) is 57.9 Å². The van der Waals surface area contributed by atoms with E-state index in [2.05, 4.69) is 14.9 Å². The predicted octanol–water partition coefficient (Wildman–Crippen LogP) is 5.87. The van der Waals surface area contributed by atoms with Gasteiger partial charge in [-0.25, -0.2) is 9.97 Å². The Balaban J connectivity index is 1.35. The van der Waals surface area contributed by atoms with Crippen molar-refractivity contribution in [1.29, 1.82) is 0 Å².